The van der Waals surface area contributed by atoms with Gasteiger partial charge >= 0.3 is 0 Å². The first-order valence-electron chi connectivity index (χ1n) is 20.4. The van der Waals surface area contributed by atoms with Crippen LogP contribution < -0.4 is 37.5 Å². The van der Waals surface area contributed by atoms with Gasteiger partial charge in [-0.3, -0.25) is 4.98 Å². The Labute approximate surface area is 347 Å². The molecule has 2 nitrogen and oxygen atoms in total. The van der Waals surface area contributed by atoms with E-state index < -0.39 is 5.41 Å². The van der Waals surface area contributed by atoms with Crippen molar-refractivity contribution in [2.45, 2.75) is 5.41 Å². The van der Waals surface area contributed by atoms with Crippen LogP contribution in [-0.2, 0) is 5.41 Å². The standard InChI is InChI=1S/C54H33B2NOS/c1-2-12-34(13-3-1)35-24-26-41-46(32-35)55(37-28-30-57-31-29-37)47-33-36(38-15-10-23-51-52(38)39-14-4-9-22-50(39)59-51)25-27-42(47)54(41)40-16-5-6-18-44(40)56-45-19-7-8-20-48(45)58-49-21-11-17-43(54)53(49)56/h1-33H. The van der Waals surface area contributed by atoms with Crippen molar-refractivity contribution in [2.24, 2.45) is 0 Å². The third-order valence-electron chi connectivity index (χ3n) is 13.3. The van der Waals surface area contributed by atoms with Crippen LogP contribution in [-0.4, -0.2) is 18.4 Å². The first kappa shape index (κ1) is 33.1. The van der Waals surface area contributed by atoms with Crippen LogP contribution in [0.3, 0.4) is 0 Å². The van der Waals surface area contributed by atoms with Gasteiger partial charge in [-0.2, -0.15) is 0 Å². The molecule has 3 aliphatic rings. The van der Waals surface area contributed by atoms with Crippen molar-refractivity contribution >= 4 is 77.7 Å². The van der Waals surface area contributed by atoms with E-state index in [0.717, 1.165) is 11.5 Å². The predicted molar refractivity (Wildman–Crippen MR) is 249 cm³/mol. The van der Waals surface area contributed by atoms with Crippen LogP contribution in [0.2, 0.25) is 0 Å². The molecule has 0 saturated heterocycles. The van der Waals surface area contributed by atoms with Crippen LogP contribution in [0.5, 0.6) is 11.5 Å². The van der Waals surface area contributed by atoms with Gasteiger partial charge in [-0.05, 0) is 91.8 Å². The minimum atomic E-state index is -0.628. The van der Waals surface area contributed by atoms with Gasteiger partial charge in [0.2, 0.25) is 6.71 Å². The van der Waals surface area contributed by atoms with E-state index in [-0.39, 0.29) is 13.4 Å². The van der Waals surface area contributed by atoms with E-state index in [0.29, 0.717) is 0 Å². The van der Waals surface area contributed by atoms with Crippen molar-refractivity contribution in [3.05, 3.63) is 223 Å². The van der Waals surface area contributed by atoms with Crippen LogP contribution in [0.1, 0.15) is 22.3 Å². The van der Waals surface area contributed by atoms with Crippen LogP contribution in [0.25, 0.3) is 42.4 Å². The Morgan fingerprint density at radius 2 is 1.08 bits per heavy atom. The third kappa shape index (κ3) is 4.57. The minimum Gasteiger partial charge on any atom is -0.458 e. The second kappa shape index (κ2) is 12.5. The lowest BCUT2D eigenvalue weighted by atomic mass is 9.26. The van der Waals surface area contributed by atoms with Gasteiger partial charge in [0.05, 0.1) is 5.41 Å². The number of pyridine rings is 1. The van der Waals surface area contributed by atoms with Crippen LogP contribution in [0, 0.1) is 0 Å². The Kier molecular flexibility index (Phi) is 7.02. The monoisotopic (exact) mass is 765 g/mol. The number of aromatic nitrogens is 1. The second-order valence-corrected chi connectivity index (χ2v) is 17.2. The van der Waals surface area contributed by atoms with E-state index in [4.69, 9.17) is 4.74 Å². The van der Waals surface area contributed by atoms with E-state index in [9.17, 15) is 0 Å². The van der Waals surface area contributed by atoms with Gasteiger partial charge in [0.1, 0.15) is 11.5 Å². The first-order chi connectivity index (χ1) is 29.3. The molecular weight excluding hydrogens is 732 g/mol. The molecule has 0 N–H and O–H groups in total. The molecule has 13 rings (SSSR count). The minimum absolute atomic E-state index is 0.0444. The Hall–Kier alpha value is -6.94. The number of ether oxygens (including phenoxy) is 1. The molecule has 8 aromatic carbocycles. The average Bonchev–Trinajstić information content (AvgIpc) is 3.69. The fourth-order valence-corrected chi connectivity index (χ4v) is 12.1. The van der Waals surface area contributed by atoms with E-state index in [2.05, 4.69) is 193 Å². The van der Waals surface area contributed by atoms with Crippen molar-refractivity contribution in [1.29, 1.82) is 0 Å². The molecule has 0 radical (unpaired) electrons. The Bertz CT molecular complexity index is 3340. The molecule has 0 amide bonds. The zero-order chi connectivity index (χ0) is 38.7. The maximum atomic E-state index is 6.86. The normalized spacial score (nSPS) is 15.6. The van der Waals surface area contributed by atoms with Crippen LogP contribution in [0.15, 0.2) is 200 Å². The highest BCUT2D eigenvalue weighted by atomic mass is 32.1. The fourth-order valence-electron chi connectivity index (χ4n) is 11.0. The lowest BCUT2D eigenvalue weighted by Crippen LogP contribution is -2.68. The van der Waals surface area contributed by atoms with Gasteiger partial charge in [-0.15, -0.1) is 11.3 Å². The molecule has 5 heteroatoms. The molecule has 5 heterocycles. The number of hydrogen-bond acceptors (Lipinski definition) is 3. The number of nitrogens with zero attached hydrogens (tertiary/aromatic N) is 1. The summed E-state index contributed by atoms with van der Waals surface area (Å²) < 4.78 is 9.48. The van der Waals surface area contributed by atoms with Crippen molar-refractivity contribution in [3.63, 3.8) is 0 Å². The third-order valence-corrected chi connectivity index (χ3v) is 14.4. The summed E-state index contributed by atoms with van der Waals surface area (Å²) in [6, 6.07) is 70.1. The Morgan fingerprint density at radius 3 is 1.95 bits per heavy atom. The topological polar surface area (TPSA) is 22.1 Å². The van der Waals surface area contributed by atoms with Crippen molar-refractivity contribution in [3.8, 4) is 33.8 Å². The lowest BCUT2D eigenvalue weighted by Gasteiger charge is -2.50. The summed E-state index contributed by atoms with van der Waals surface area (Å²) >= 11 is 1.87. The number of thiophene rings is 1. The number of para-hydroxylation sites is 1. The fraction of sp³-hybridized carbons (Fsp3) is 0.0185. The predicted octanol–water partition coefficient (Wildman–Crippen LogP) is 8.93. The molecule has 3 aliphatic heterocycles. The maximum absolute atomic E-state index is 6.86. The molecule has 272 valence electrons. The summed E-state index contributed by atoms with van der Waals surface area (Å²) in [6.45, 7) is 0.00203. The van der Waals surface area contributed by atoms with Crippen LogP contribution >= 0.6 is 11.3 Å². The zero-order valence-corrected chi connectivity index (χ0v) is 32.8. The molecular formula is C54H33B2NOS. The van der Waals surface area contributed by atoms with Crippen molar-refractivity contribution < 1.29 is 4.74 Å². The van der Waals surface area contributed by atoms with E-state index in [1.54, 1.807) is 0 Å². The van der Waals surface area contributed by atoms with E-state index in [1.807, 2.05) is 23.7 Å². The molecule has 0 aliphatic carbocycles. The molecule has 1 unspecified atom stereocenters. The number of rotatable bonds is 3. The zero-order valence-electron chi connectivity index (χ0n) is 32.0. The summed E-state index contributed by atoms with van der Waals surface area (Å²) in [4.78, 5) is 4.52. The summed E-state index contributed by atoms with van der Waals surface area (Å²) in [6.07, 6.45) is 3.90. The molecule has 1 spiro atoms. The van der Waals surface area contributed by atoms with Gasteiger partial charge in [-0.1, -0.05) is 174 Å². The molecule has 10 aromatic rings. The largest absolute Gasteiger partial charge is 0.458 e. The summed E-state index contributed by atoms with van der Waals surface area (Å²) in [5.74, 6) is 1.87. The van der Waals surface area contributed by atoms with E-state index in [1.165, 1.54) is 97.5 Å². The lowest BCUT2D eigenvalue weighted by molar-refractivity contribution is 0.486. The molecule has 0 bridgehead atoms. The SMILES string of the molecule is c1ccc(-c2ccc3c(c2)B(c2ccncc2)c2cc(-c4cccc5sc6ccccc6c45)ccc2C32c3ccccc3B3c4ccccc4Oc4cccc2c43)cc1. The van der Waals surface area contributed by atoms with Crippen molar-refractivity contribution in [2.75, 3.05) is 0 Å². The average molecular weight is 766 g/mol. The highest BCUT2D eigenvalue weighted by molar-refractivity contribution is 7.26. The highest BCUT2D eigenvalue weighted by Gasteiger charge is 2.55. The Balaban J connectivity index is 1.18. The highest BCUT2D eigenvalue weighted by Crippen LogP contribution is 2.50. The van der Waals surface area contributed by atoms with Gasteiger partial charge in [0, 0.05) is 32.6 Å². The number of benzene rings is 8. The van der Waals surface area contributed by atoms with Gasteiger partial charge < -0.3 is 4.74 Å². The quantitative estimate of drug-likeness (QED) is 0.168. The van der Waals surface area contributed by atoms with Gasteiger partial charge in [0.15, 0.2) is 0 Å². The summed E-state index contributed by atoms with van der Waals surface area (Å²) in [7, 11) is 0. The van der Waals surface area contributed by atoms with E-state index >= 15 is 0 Å². The number of fused-ring (bicyclic) bond motifs is 13. The first-order valence-corrected chi connectivity index (χ1v) is 21.2. The van der Waals surface area contributed by atoms with Gasteiger partial charge in [0.25, 0.3) is 6.71 Å². The Morgan fingerprint density at radius 1 is 0.441 bits per heavy atom. The maximum Gasteiger partial charge on any atom is 0.251 e. The summed E-state index contributed by atoms with van der Waals surface area (Å²) in [5.41, 5.74) is 17.2. The molecule has 0 fully saturated rings. The smallest absolute Gasteiger partial charge is 0.251 e. The second-order valence-electron chi connectivity index (χ2n) is 16.1. The molecule has 1 atom stereocenters. The van der Waals surface area contributed by atoms with Crippen molar-refractivity contribution in [1.82, 2.24) is 4.98 Å². The molecule has 0 saturated carbocycles. The van der Waals surface area contributed by atoms with Gasteiger partial charge in [-0.25, -0.2) is 0 Å². The van der Waals surface area contributed by atoms with Crippen LogP contribution in [0.4, 0.5) is 0 Å². The summed E-state index contributed by atoms with van der Waals surface area (Å²) in [5, 5.41) is 2.63. The molecule has 2 aromatic heterocycles. The molecule has 59 heavy (non-hydrogen) atoms. The number of hydrogen-bond donors (Lipinski definition) is 0.